The number of carbonyl (C=O) groups is 5. The number of carboxylic acid groups (broad SMARTS) is 1. The molecule has 0 aliphatic carbocycles. The van der Waals surface area contributed by atoms with E-state index < -0.39 is 63.4 Å². The van der Waals surface area contributed by atoms with E-state index in [-0.39, 0.29) is 77.7 Å². The van der Waals surface area contributed by atoms with E-state index in [1.165, 1.54) is 83.9 Å². The molecule has 22 nitrogen and oxygen atoms in total. The summed E-state index contributed by atoms with van der Waals surface area (Å²) in [5.74, 6) is -3.96. The third kappa shape index (κ3) is 12.3. The Hall–Kier alpha value is -9.47. The van der Waals surface area contributed by atoms with E-state index in [1.54, 1.807) is 42.5 Å². The number of nitrogen functional groups attached to an aromatic ring is 1. The van der Waals surface area contributed by atoms with Crippen LogP contribution in [0.3, 0.4) is 0 Å². The predicted molar refractivity (Wildman–Crippen MR) is 250 cm³/mol. The van der Waals surface area contributed by atoms with E-state index in [2.05, 4.69) is 35.9 Å². The number of piperidine rings is 1. The average Bonchev–Trinajstić information content (AvgIpc) is 3.33. The Labute approximate surface area is 390 Å². The van der Waals surface area contributed by atoms with E-state index in [4.69, 9.17) is 5.73 Å². The minimum Gasteiger partial charge on any atom is -0.480 e. The lowest BCUT2D eigenvalue weighted by Crippen LogP contribution is -2.53. The van der Waals surface area contributed by atoms with E-state index >= 15 is 0 Å². The number of hydrogen-bond acceptors (Lipinski definition) is 15. The van der Waals surface area contributed by atoms with Crippen molar-refractivity contribution in [1.82, 2.24) is 35.5 Å². The van der Waals surface area contributed by atoms with Crippen molar-refractivity contribution in [2.75, 3.05) is 24.1 Å². The fourth-order valence-corrected chi connectivity index (χ4v) is 7.28. The summed E-state index contributed by atoms with van der Waals surface area (Å²) in [4.78, 5) is 117. The van der Waals surface area contributed by atoms with Gasteiger partial charge in [0.25, 0.3) is 22.8 Å². The number of aliphatic carboxylic acids is 1. The van der Waals surface area contributed by atoms with Crippen molar-refractivity contribution >= 4 is 75.8 Å². The van der Waals surface area contributed by atoms with Gasteiger partial charge in [0.1, 0.15) is 12.1 Å². The molecule has 6 aromatic rings. The number of hydrogen-bond donors (Lipinski definition) is 6. The zero-order valence-corrected chi connectivity index (χ0v) is 36.2. The number of nitro benzene ring substituents is 2. The lowest BCUT2D eigenvalue weighted by Gasteiger charge is -2.33. The van der Waals surface area contributed by atoms with Gasteiger partial charge in [0.2, 0.25) is 17.8 Å². The second-order valence-electron chi connectivity index (χ2n) is 15.7. The number of carbonyl (C=O) groups excluding carboxylic acids is 4. The highest BCUT2D eigenvalue weighted by atomic mass is 16.6. The number of Topliss-reactive ketones (excluding diaryl/α,β-unsaturated/α-hetero) is 1. The van der Waals surface area contributed by atoms with Crippen LogP contribution in [0.4, 0.5) is 23.0 Å². The number of anilines is 2. The Balaban J connectivity index is 1.03. The number of carboxylic acids is 1. The monoisotopic (exact) mass is 935 g/mol. The maximum atomic E-state index is 14.6. The Morgan fingerprint density at radius 1 is 0.797 bits per heavy atom. The molecule has 69 heavy (non-hydrogen) atoms. The maximum absolute atomic E-state index is 14.6. The van der Waals surface area contributed by atoms with Gasteiger partial charge in [-0.15, -0.1) is 0 Å². The number of benzene rings is 4. The van der Waals surface area contributed by atoms with Crippen LogP contribution in [0, 0.1) is 20.2 Å². The number of rotatable bonds is 17. The molecule has 0 unspecified atom stereocenters. The number of likely N-dealkylation sites (tertiary alicyclic amines) is 1. The number of ketones is 1. The molecule has 4 aromatic carbocycles. The molecule has 0 bridgehead atoms. The highest BCUT2D eigenvalue weighted by molar-refractivity contribution is 6.15. The molecule has 0 spiro atoms. The summed E-state index contributed by atoms with van der Waals surface area (Å²) in [6, 6.07) is 23.0. The molecule has 2 atom stereocenters. The number of H-pyrrole nitrogens is 1. The summed E-state index contributed by atoms with van der Waals surface area (Å²) in [6.07, 6.45) is 3.64. The topological polar surface area (TPSA) is 329 Å². The van der Waals surface area contributed by atoms with Crippen molar-refractivity contribution in [1.29, 1.82) is 0 Å². The van der Waals surface area contributed by atoms with E-state index in [0.717, 1.165) is 0 Å². The number of nitrogens with two attached hydrogens (primary N) is 1. The molecule has 22 heteroatoms. The Kier molecular flexibility index (Phi) is 14.6. The molecule has 350 valence electrons. The first kappa shape index (κ1) is 47.5. The van der Waals surface area contributed by atoms with Gasteiger partial charge in [-0.05, 0) is 83.8 Å². The first-order chi connectivity index (χ1) is 33.1. The zero-order chi connectivity index (χ0) is 49.2. The van der Waals surface area contributed by atoms with Crippen LogP contribution >= 0.6 is 0 Å². The largest absolute Gasteiger partial charge is 0.480 e. The Bertz CT molecular complexity index is 3010. The number of nitro groups is 2. The van der Waals surface area contributed by atoms with Crippen LogP contribution in [-0.4, -0.2) is 94.4 Å². The summed E-state index contributed by atoms with van der Waals surface area (Å²) in [5.41, 5.74) is 7.82. The fraction of sp³-hybridized carbons (Fsp3) is 0.170. The van der Waals surface area contributed by atoms with Crippen LogP contribution in [0.1, 0.15) is 45.6 Å². The SMILES string of the molecule is Nc1nc2nc(CNc3ccc(C(=O)N[C@H](CCC(=O)N[C@H](Cc4ccccc4)C(=O)N4C/C(=C\c5ccc([N+](=O)[O-])cc5)C(=O)/C(=C/c5ccc([N+](=O)[O-])cc5)C4)C(=O)O)cc3)cnc2c(=O)[nH]1. The normalized spacial score (nSPS) is 14.5. The molecule has 1 saturated heterocycles. The number of aromatic amines is 1. The van der Waals surface area contributed by atoms with Crippen molar-refractivity contribution in [2.45, 2.75) is 37.9 Å². The lowest BCUT2D eigenvalue weighted by atomic mass is 9.93. The van der Waals surface area contributed by atoms with Gasteiger partial charge in [0.15, 0.2) is 16.9 Å². The molecule has 1 aliphatic heterocycles. The molecule has 0 radical (unpaired) electrons. The van der Waals surface area contributed by atoms with Gasteiger partial charge in [0, 0.05) is 72.6 Å². The molecule has 2 aromatic heterocycles. The van der Waals surface area contributed by atoms with E-state index in [0.29, 0.717) is 28.1 Å². The van der Waals surface area contributed by atoms with Crippen molar-refractivity contribution < 1.29 is 38.9 Å². The van der Waals surface area contributed by atoms with Gasteiger partial charge in [0.05, 0.1) is 28.3 Å². The van der Waals surface area contributed by atoms with E-state index in [1.807, 2.05) is 0 Å². The fourth-order valence-electron chi connectivity index (χ4n) is 7.28. The molecule has 0 saturated carbocycles. The summed E-state index contributed by atoms with van der Waals surface area (Å²) >= 11 is 0. The zero-order valence-electron chi connectivity index (χ0n) is 36.2. The van der Waals surface area contributed by atoms with Crippen LogP contribution in [0.5, 0.6) is 0 Å². The smallest absolute Gasteiger partial charge is 0.326 e. The molecule has 7 N–H and O–H groups in total. The van der Waals surface area contributed by atoms with Gasteiger partial charge in [-0.3, -0.25) is 49.2 Å². The number of nitrogens with one attached hydrogen (secondary N) is 4. The van der Waals surface area contributed by atoms with Gasteiger partial charge < -0.3 is 31.7 Å². The Morgan fingerprint density at radius 2 is 1.39 bits per heavy atom. The molecule has 7 rings (SSSR count). The molecule has 3 amide bonds. The van der Waals surface area contributed by atoms with Gasteiger partial charge in [-0.1, -0.05) is 30.3 Å². The van der Waals surface area contributed by atoms with Crippen LogP contribution < -0.4 is 27.2 Å². The minimum absolute atomic E-state index is 0.00568. The lowest BCUT2D eigenvalue weighted by molar-refractivity contribution is -0.385. The third-order valence-electron chi connectivity index (χ3n) is 10.8. The van der Waals surface area contributed by atoms with Gasteiger partial charge in [-0.2, -0.15) is 4.98 Å². The van der Waals surface area contributed by atoms with Crippen molar-refractivity contribution in [2.24, 2.45) is 0 Å². The summed E-state index contributed by atoms with van der Waals surface area (Å²) < 4.78 is 0. The highest BCUT2D eigenvalue weighted by Gasteiger charge is 2.34. The number of nitrogens with zero attached hydrogens (tertiary/aromatic N) is 6. The third-order valence-corrected chi connectivity index (χ3v) is 10.8. The van der Waals surface area contributed by atoms with Crippen molar-refractivity contribution in [3.8, 4) is 0 Å². The molecular weight excluding hydrogens is 895 g/mol. The van der Waals surface area contributed by atoms with Gasteiger partial charge >= 0.3 is 5.97 Å². The van der Waals surface area contributed by atoms with E-state index in [9.17, 15) is 54.1 Å². The maximum Gasteiger partial charge on any atom is 0.326 e. The number of amides is 3. The average molecular weight is 936 g/mol. The highest BCUT2D eigenvalue weighted by Crippen LogP contribution is 2.25. The van der Waals surface area contributed by atoms with Crippen LogP contribution in [0.25, 0.3) is 23.3 Å². The van der Waals surface area contributed by atoms with Crippen LogP contribution in [0.2, 0.25) is 0 Å². The molecule has 3 heterocycles. The van der Waals surface area contributed by atoms with Crippen LogP contribution in [0.15, 0.2) is 125 Å². The second-order valence-corrected chi connectivity index (χ2v) is 15.7. The number of non-ortho nitro benzene ring substituents is 2. The summed E-state index contributed by atoms with van der Waals surface area (Å²) in [5, 5.41) is 40.9. The standard InChI is InChI=1S/C47H41N11O11/c48-47-54-42-40(44(62)55-47)50-24-34(51-42)23-49-33-12-10-30(11-13-33)43(61)53-37(46(64)65)18-19-39(59)52-38(22-27-4-2-1-3-5-27)45(63)56-25-31(20-28-6-14-35(15-7-28)57(66)67)41(60)32(26-56)21-29-8-16-36(17-9-29)58(68)69/h1-17,20-21,24,37-38,49H,18-19,22-23,25-26H2,(H,52,59)(H,53,61)(H,64,65)(H3,48,51,54,55,62)/b31-20+,32-21+/t37-,38-/m1/s1. The first-order valence-corrected chi connectivity index (χ1v) is 21.1. The minimum atomic E-state index is -1.50. The first-order valence-electron chi connectivity index (χ1n) is 21.1. The van der Waals surface area contributed by atoms with Crippen molar-refractivity contribution in [3.63, 3.8) is 0 Å². The molecular formula is C47H41N11O11. The van der Waals surface area contributed by atoms with Crippen LogP contribution in [-0.2, 0) is 32.1 Å². The predicted octanol–water partition coefficient (Wildman–Crippen LogP) is 3.99. The quantitative estimate of drug-likeness (QED) is 0.0428. The summed E-state index contributed by atoms with van der Waals surface area (Å²) in [7, 11) is 0. The molecule has 1 fully saturated rings. The summed E-state index contributed by atoms with van der Waals surface area (Å²) in [6.45, 7) is -0.256. The Morgan fingerprint density at radius 3 is 1.96 bits per heavy atom. The van der Waals surface area contributed by atoms with Gasteiger partial charge in [-0.25, -0.2) is 14.8 Å². The number of fused-ring (bicyclic) bond motifs is 1. The molecule has 1 aliphatic rings. The number of aromatic nitrogens is 4. The second kappa shape index (κ2) is 21.2. The van der Waals surface area contributed by atoms with Crippen molar-refractivity contribution in [3.05, 3.63) is 179 Å².